The number of fused-ring (bicyclic) bond motifs is 2. The minimum Gasteiger partial charge on any atom is -0.497 e. The summed E-state index contributed by atoms with van der Waals surface area (Å²) in [4.78, 5) is 28.1. The van der Waals surface area contributed by atoms with E-state index in [1.54, 1.807) is 23.8 Å². The number of carbonyl (C=O) groups is 1. The molecule has 0 bridgehead atoms. The van der Waals surface area contributed by atoms with E-state index in [4.69, 9.17) is 26.4 Å². The molecule has 0 saturated carbocycles. The Hall–Kier alpha value is -3.33. The van der Waals surface area contributed by atoms with Gasteiger partial charge < -0.3 is 24.5 Å². The van der Waals surface area contributed by atoms with Crippen LogP contribution in [0.5, 0.6) is 17.2 Å². The molecule has 168 valence electrons. The second kappa shape index (κ2) is 9.86. The van der Waals surface area contributed by atoms with Gasteiger partial charge in [0.2, 0.25) is 12.7 Å². The predicted octanol–water partition coefficient (Wildman–Crippen LogP) is 3.67. The molecule has 0 spiro atoms. The summed E-state index contributed by atoms with van der Waals surface area (Å²) in [6, 6.07) is 11.0. The molecule has 0 atom stereocenters. The van der Waals surface area contributed by atoms with Crippen molar-refractivity contribution in [2.24, 2.45) is 0 Å². The van der Waals surface area contributed by atoms with Gasteiger partial charge in [0.1, 0.15) is 5.75 Å². The third kappa shape index (κ3) is 4.94. The van der Waals surface area contributed by atoms with Crippen LogP contribution in [0, 0.1) is 4.77 Å². The molecule has 3 aromatic rings. The maximum absolute atomic E-state index is 12.9. The lowest BCUT2D eigenvalue weighted by Gasteiger charge is -2.09. The molecule has 0 aliphatic carbocycles. The van der Waals surface area contributed by atoms with E-state index in [1.165, 1.54) is 0 Å². The Morgan fingerprint density at radius 2 is 2.00 bits per heavy atom. The van der Waals surface area contributed by atoms with E-state index in [9.17, 15) is 9.59 Å². The lowest BCUT2D eigenvalue weighted by molar-refractivity contribution is -0.121. The Bertz CT molecular complexity index is 1250. The highest BCUT2D eigenvalue weighted by Gasteiger charge is 2.17. The van der Waals surface area contributed by atoms with Crippen LogP contribution in [-0.2, 0) is 17.9 Å². The highest BCUT2D eigenvalue weighted by atomic mass is 32.1. The minimum atomic E-state index is -0.155. The van der Waals surface area contributed by atoms with E-state index < -0.39 is 0 Å². The topological polar surface area (TPSA) is 94.6 Å². The van der Waals surface area contributed by atoms with Gasteiger partial charge in [0, 0.05) is 25.6 Å². The van der Waals surface area contributed by atoms with Crippen molar-refractivity contribution in [2.75, 3.05) is 13.9 Å². The molecule has 0 saturated heterocycles. The third-order valence-electron chi connectivity index (χ3n) is 5.38. The first-order valence-electron chi connectivity index (χ1n) is 10.5. The number of methoxy groups -OCH3 is 1. The SMILES string of the molecule is COc1cccc(CNC(=O)CCCCCn2c(=S)[nH]c3cc4c(cc3c2=O)OCO4)c1. The highest BCUT2D eigenvalue weighted by Crippen LogP contribution is 2.34. The lowest BCUT2D eigenvalue weighted by Crippen LogP contribution is -2.23. The Balaban J connectivity index is 1.26. The van der Waals surface area contributed by atoms with Crippen molar-refractivity contribution >= 4 is 29.0 Å². The molecule has 0 unspecified atom stereocenters. The molecule has 1 aliphatic heterocycles. The van der Waals surface area contributed by atoms with E-state index in [2.05, 4.69) is 10.3 Å². The zero-order valence-corrected chi connectivity index (χ0v) is 18.6. The number of H-pyrrole nitrogens is 1. The van der Waals surface area contributed by atoms with Crippen LogP contribution in [0.1, 0.15) is 31.2 Å². The molecule has 8 nitrogen and oxygen atoms in total. The number of hydrogen-bond acceptors (Lipinski definition) is 6. The summed E-state index contributed by atoms with van der Waals surface area (Å²) in [5.74, 6) is 1.94. The molecule has 1 aromatic heterocycles. The summed E-state index contributed by atoms with van der Waals surface area (Å²) in [5.41, 5.74) is 1.47. The Morgan fingerprint density at radius 3 is 2.81 bits per heavy atom. The molecule has 0 radical (unpaired) electrons. The number of hydrogen-bond donors (Lipinski definition) is 2. The Kier molecular flexibility index (Phi) is 6.75. The largest absolute Gasteiger partial charge is 0.497 e. The molecule has 4 rings (SSSR count). The van der Waals surface area contributed by atoms with Crippen LogP contribution in [0.2, 0.25) is 0 Å². The second-order valence-corrected chi connectivity index (χ2v) is 7.96. The molecule has 2 N–H and O–H groups in total. The van der Waals surface area contributed by atoms with Gasteiger partial charge in [-0.1, -0.05) is 18.6 Å². The molecule has 32 heavy (non-hydrogen) atoms. The summed E-state index contributed by atoms with van der Waals surface area (Å²) in [7, 11) is 1.62. The first-order valence-corrected chi connectivity index (χ1v) is 10.9. The molecule has 1 amide bonds. The molecular formula is C23H25N3O5S. The average Bonchev–Trinajstić information content (AvgIpc) is 3.26. The third-order valence-corrected chi connectivity index (χ3v) is 5.71. The summed E-state index contributed by atoms with van der Waals surface area (Å²) in [6.07, 6.45) is 2.73. The van der Waals surface area contributed by atoms with Crippen molar-refractivity contribution in [2.45, 2.75) is 38.8 Å². The number of nitrogens with zero attached hydrogens (tertiary/aromatic N) is 1. The monoisotopic (exact) mass is 455 g/mol. The van der Waals surface area contributed by atoms with Crippen molar-refractivity contribution in [3.05, 3.63) is 57.1 Å². The molecule has 1 aliphatic rings. The first-order chi connectivity index (χ1) is 15.5. The first kappa shape index (κ1) is 21.9. The fourth-order valence-corrected chi connectivity index (χ4v) is 3.93. The van der Waals surface area contributed by atoms with Crippen LogP contribution in [0.25, 0.3) is 10.9 Å². The van der Waals surface area contributed by atoms with Gasteiger partial charge in [-0.2, -0.15) is 0 Å². The van der Waals surface area contributed by atoms with E-state index in [0.717, 1.165) is 30.6 Å². The number of aromatic amines is 1. The zero-order chi connectivity index (χ0) is 22.5. The number of ether oxygens (including phenoxy) is 3. The summed E-state index contributed by atoms with van der Waals surface area (Å²) >= 11 is 5.38. The quantitative estimate of drug-likeness (QED) is 0.378. The van der Waals surface area contributed by atoms with Gasteiger partial charge in [-0.25, -0.2) is 0 Å². The lowest BCUT2D eigenvalue weighted by atomic mass is 10.1. The number of unbranched alkanes of at least 4 members (excludes halogenated alkanes) is 2. The van der Waals surface area contributed by atoms with E-state index in [-0.39, 0.29) is 18.3 Å². The molecular weight excluding hydrogens is 430 g/mol. The maximum Gasteiger partial charge on any atom is 0.262 e. The maximum atomic E-state index is 12.9. The van der Waals surface area contributed by atoms with Crippen LogP contribution in [0.3, 0.4) is 0 Å². The van der Waals surface area contributed by atoms with Gasteiger partial charge in [0.25, 0.3) is 5.56 Å². The van der Waals surface area contributed by atoms with Crippen LogP contribution in [-0.4, -0.2) is 29.4 Å². The van der Waals surface area contributed by atoms with Crippen molar-refractivity contribution in [3.63, 3.8) is 0 Å². The van der Waals surface area contributed by atoms with Crippen LogP contribution in [0.15, 0.2) is 41.2 Å². The summed E-state index contributed by atoms with van der Waals surface area (Å²) in [5, 5.41) is 3.44. The van der Waals surface area contributed by atoms with Crippen LogP contribution in [0.4, 0.5) is 0 Å². The van der Waals surface area contributed by atoms with E-state index >= 15 is 0 Å². The zero-order valence-electron chi connectivity index (χ0n) is 17.8. The number of aromatic nitrogens is 2. The minimum absolute atomic E-state index is 0.00376. The number of nitrogens with one attached hydrogen (secondary N) is 2. The molecule has 9 heteroatoms. The van der Waals surface area contributed by atoms with Gasteiger partial charge in [-0.3, -0.25) is 14.2 Å². The van der Waals surface area contributed by atoms with E-state index in [0.29, 0.717) is 46.7 Å². The number of carbonyl (C=O) groups excluding carboxylic acids is 1. The Labute approximate surface area is 190 Å². The van der Waals surface area contributed by atoms with E-state index in [1.807, 2.05) is 24.3 Å². The fraction of sp³-hybridized carbons (Fsp3) is 0.348. The van der Waals surface area contributed by atoms with Gasteiger partial charge in [0.05, 0.1) is 18.0 Å². The summed E-state index contributed by atoms with van der Waals surface area (Å²) < 4.78 is 17.9. The van der Waals surface area contributed by atoms with Crippen molar-refractivity contribution < 1.29 is 19.0 Å². The number of benzene rings is 2. The van der Waals surface area contributed by atoms with Gasteiger partial charge >= 0.3 is 0 Å². The second-order valence-electron chi connectivity index (χ2n) is 7.58. The van der Waals surface area contributed by atoms with Crippen molar-refractivity contribution in [3.8, 4) is 17.2 Å². The normalized spacial score (nSPS) is 12.2. The highest BCUT2D eigenvalue weighted by molar-refractivity contribution is 7.71. The van der Waals surface area contributed by atoms with Gasteiger partial charge in [-0.05, 0) is 48.8 Å². The molecule has 2 heterocycles. The smallest absolute Gasteiger partial charge is 0.262 e. The van der Waals surface area contributed by atoms with Gasteiger partial charge in [0.15, 0.2) is 16.3 Å². The van der Waals surface area contributed by atoms with Gasteiger partial charge in [-0.15, -0.1) is 0 Å². The van der Waals surface area contributed by atoms with Crippen molar-refractivity contribution in [1.82, 2.24) is 14.9 Å². The van der Waals surface area contributed by atoms with Crippen molar-refractivity contribution in [1.29, 1.82) is 0 Å². The molecule has 0 fully saturated rings. The Morgan fingerprint density at radius 1 is 1.19 bits per heavy atom. The van der Waals surface area contributed by atoms with Crippen LogP contribution >= 0.6 is 12.2 Å². The standard InChI is InChI=1S/C23H25N3O5S/c1-29-16-7-5-6-15(10-16)13-24-21(27)8-3-2-4-9-26-22(28)17-11-19-20(31-14-30-19)12-18(17)25-23(26)32/h5-7,10-12H,2-4,8-9,13-14H2,1H3,(H,24,27)(H,25,32). The number of amides is 1. The number of rotatable bonds is 9. The summed E-state index contributed by atoms with van der Waals surface area (Å²) in [6.45, 7) is 1.10. The average molecular weight is 456 g/mol. The fourth-order valence-electron chi connectivity index (χ4n) is 3.65. The predicted molar refractivity (Wildman–Crippen MR) is 123 cm³/mol. The molecule has 2 aromatic carbocycles. The van der Waals surface area contributed by atoms with Crippen LogP contribution < -0.4 is 25.1 Å².